The van der Waals surface area contributed by atoms with Gasteiger partial charge in [-0.05, 0) is 114 Å². The predicted octanol–water partition coefficient (Wildman–Crippen LogP) is 9.23. The molecule has 3 aliphatic carbocycles. The van der Waals surface area contributed by atoms with Gasteiger partial charge in [-0.25, -0.2) is 17.8 Å². The summed E-state index contributed by atoms with van der Waals surface area (Å²) in [4.78, 5) is 55.7. The van der Waals surface area contributed by atoms with Crippen molar-refractivity contribution in [3.8, 4) is 16.6 Å². The van der Waals surface area contributed by atoms with Crippen molar-refractivity contribution in [3.63, 3.8) is 0 Å². The number of benzene rings is 2. The summed E-state index contributed by atoms with van der Waals surface area (Å²) < 4.78 is 51.4. The second-order valence-electron chi connectivity index (χ2n) is 19.2. The van der Waals surface area contributed by atoms with Crippen molar-refractivity contribution >= 4 is 50.0 Å². The van der Waals surface area contributed by atoms with Gasteiger partial charge in [-0.15, -0.1) is 11.3 Å². The molecule has 2 aromatic heterocycles. The van der Waals surface area contributed by atoms with Gasteiger partial charge >= 0.3 is 0 Å². The molecule has 11 nitrogen and oxygen atoms in total. The number of carbonyl (C=O) groups is 3. The number of ether oxygens (including phenoxy) is 1. The Hall–Kier alpha value is -4.43. The largest absolute Gasteiger partial charge is 0.459 e. The fourth-order valence-corrected chi connectivity index (χ4v) is 12.4. The highest BCUT2D eigenvalue weighted by molar-refractivity contribution is 7.91. The highest BCUT2D eigenvalue weighted by Gasteiger charge is 2.62. The van der Waals surface area contributed by atoms with Gasteiger partial charge in [0.15, 0.2) is 5.78 Å². The van der Waals surface area contributed by atoms with Crippen molar-refractivity contribution in [1.82, 2.24) is 24.2 Å². The molecular weight excluding hydrogens is 826 g/mol. The maximum atomic E-state index is 14.9. The lowest BCUT2D eigenvalue weighted by Gasteiger charge is -2.29. The number of nitrogens with one attached hydrogen (secondary N) is 1. The zero-order valence-corrected chi connectivity index (χ0v) is 37.6. The number of halogens is 1. The van der Waals surface area contributed by atoms with Crippen molar-refractivity contribution in [3.05, 3.63) is 77.1 Å². The molecule has 0 unspecified atom stereocenters. The Labute approximate surface area is 368 Å². The van der Waals surface area contributed by atoms with E-state index in [-0.39, 0.29) is 48.9 Å². The van der Waals surface area contributed by atoms with Crippen LogP contribution in [0.3, 0.4) is 0 Å². The Morgan fingerprint density at radius 3 is 2.56 bits per heavy atom. The predicted molar refractivity (Wildman–Crippen MR) is 238 cm³/mol. The molecule has 4 heterocycles. The van der Waals surface area contributed by atoms with Crippen LogP contribution in [-0.2, 0) is 30.8 Å². The number of Topliss-reactive ketones (excluding diaryl/α,β-unsaturated/α-hetero) is 1. The minimum atomic E-state index is -3.94. The summed E-state index contributed by atoms with van der Waals surface area (Å²) in [6.45, 7) is 5.89. The number of fused-ring (bicyclic) bond motifs is 3. The monoisotopic (exact) mass is 883 g/mol. The van der Waals surface area contributed by atoms with Gasteiger partial charge < -0.3 is 9.64 Å². The number of hydrogen-bond donors (Lipinski definition) is 1. The third-order valence-electron chi connectivity index (χ3n) is 14.3. The Bertz CT molecular complexity index is 2500. The van der Waals surface area contributed by atoms with Crippen molar-refractivity contribution in [2.75, 3.05) is 6.54 Å². The number of aromatic nitrogens is 3. The Kier molecular flexibility index (Phi) is 11.7. The van der Waals surface area contributed by atoms with Gasteiger partial charge in [-0.3, -0.25) is 23.7 Å². The van der Waals surface area contributed by atoms with Gasteiger partial charge in [0.2, 0.25) is 21.8 Å². The summed E-state index contributed by atoms with van der Waals surface area (Å²) in [6.07, 6.45) is 13.6. The number of hydrogen-bond acceptors (Lipinski definition) is 9. The fourth-order valence-electron chi connectivity index (χ4n) is 10.2. The number of allylic oxidation sites excluding steroid dienone is 2. The third kappa shape index (κ3) is 8.37. The number of ketones is 1. The second-order valence-corrected chi connectivity index (χ2v) is 22.2. The molecule has 3 saturated carbocycles. The van der Waals surface area contributed by atoms with Crippen LogP contribution in [0, 0.1) is 23.1 Å². The molecule has 2 amide bonds. The van der Waals surface area contributed by atoms with Gasteiger partial charge in [0.05, 0.1) is 34.0 Å². The van der Waals surface area contributed by atoms with Crippen LogP contribution in [0.1, 0.15) is 134 Å². The minimum absolute atomic E-state index is 0.0335. The number of sulfonamides is 1. The summed E-state index contributed by atoms with van der Waals surface area (Å²) in [5.41, 5.74) is 3.21. The molecule has 4 aromatic rings. The number of amides is 2. The van der Waals surface area contributed by atoms with E-state index < -0.39 is 44.2 Å². The zero-order chi connectivity index (χ0) is 43.4. The van der Waals surface area contributed by atoms with E-state index in [9.17, 15) is 27.2 Å². The lowest BCUT2D eigenvalue weighted by molar-refractivity contribution is -0.142. The molecule has 14 heteroatoms. The maximum Gasteiger partial charge on any atom is 0.297 e. The first-order chi connectivity index (χ1) is 29.7. The summed E-state index contributed by atoms with van der Waals surface area (Å²) in [7, 11) is -3.94. The highest BCUT2D eigenvalue weighted by Crippen LogP contribution is 2.58. The van der Waals surface area contributed by atoms with Crippen LogP contribution in [0.2, 0.25) is 0 Å². The molecule has 0 bridgehead atoms. The van der Waals surface area contributed by atoms with Crippen LogP contribution < -0.4 is 9.46 Å². The van der Waals surface area contributed by atoms with Crippen LogP contribution in [0.5, 0.6) is 6.01 Å². The van der Waals surface area contributed by atoms with Crippen LogP contribution in [0.15, 0.2) is 60.0 Å². The Balaban J connectivity index is 1.04. The van der Waals surface area contributed by atoms with E-state index in [4.69, 9.17) is 14.7 Å². The van der Waals surface area contributed by atoms with E-state index in [0.717, 1.165) is 65.8 Å². The molecule has 0 radical (unpaired) electrons. The number of imidazole rings is 1. The molecule has 4 fully saturated rings. The van der Waals surface area contributed by atoms with Crippen LogP contribution in [-0.4, -0.2) is 68.9 Å². The Morgan fingerprint density at radius 1 is 1.03 bits per heavy atom. The summed E-state index contributed by atoms with van der Waals surface area (Å²) >= 11 is 1.63. The van der Waals surface area contributed by atoms with E-state index >= 15 is 0 Å². The third-order valence-corrected chi connectivity index (χ3v) is 17.4. The summed E-state index contributed by atoms with van der Waals surface area (Å²) in [6, 6.07) is 11.9. The van der Waals surface area contributed by atoms with E-state index in [1.807, 2.05) is 36.4 Å². The van der Waals surface area contributed by atoms with Crippen molar-refractivity contribution in [2.45, 2.75) is 146 Å². The van der Waals surface area contributed by atoms with Gasteiger partial charge in [0.25, 0.3) is 6.01 Å². The lowest BCUT2D eigenvalue weighted by Crippen LogP contribution is -2.47. The number of rotatable bonds is 10. The first-order valence-corrected chi connectivity index (χ1v) is 25.1. The fraction of sp³-hybridized carbons (Fsp3) is 0.562. The summed E-state index contributed by atoms with van der Waals surface area (Å²) in [5.74, 6) is -1.85. The first-order valence-electron chi connectivity index (χ1n) is 22.7. The van der Waals surface area contributed by atoms with Gasteiger partial charge in [-0.1, -0.05) is 56.0 Å². The normalized spacial score (nSPS) is 27.4. The van der Waals surface area contributed by atoms with Crippen LogP contribution >= 0.6 is 11.3 Å². The number of carbonyl (C=O) groups excluding carboxylic acids is 3. The smallest absolute Gasteiger partial charge is 0.297 e. The average molecular weight is 884 g/mol. The molecule has 62 heavy (non-hydrogen) atoms. The maximum absolute atomic E-state index is 14.9. The van der Waals surface area contributed by atoms with Gasteiger partial charge in [-0.2, -0.15) is 4.98 Å². The van der Waals surface area contributed by atoms with E-state index in [0.29, 0.717) is 49.6 Å². The van der Waals surface area contributed by atoms with Crippen molar-refractivity contribution < 1.29 is 31.9 Å². The number of nitrogens with zero attached hydrogens (tertiary/aromatic N) is 4. The lowest BCUT2D eigenvalue weighted by atomic mass is 9.90. The average Bonchev–Trinajstić information content (AvgIpc) is 3.72. The van der Waals surface area contributed by atoms with E-state index in [1.165, 1.54) is 25.0 Å². The first kappa shape index (κ1) is 42.9. The Morgan fingerprint density at radius 2 is 1.81 bits per heavy atom. The van der Waals surface area contributed by atoms with Crippen molar-refractivity contribution in [2.24, 2.45) is 17.3 Å². The van der Waals surface area contributed by atoms with Gasteiger partial charge in [0, 0.05) is 41.7 Å². The topological polar surface area (TPSA) is 141 Å². The SMILES string of the molecule is CC(C)n1c(O[C@@H]2C[C@H]3C(=O)C[C@]4(C(=O)NS(=O)(=O)C5(C)CC5)C[C@@H]4/C=C\CCCCC[C@H](Cc4cccc(F)c4)C(=O)N3C2)nc2c(-c3nc(C4CCCC4)cs3)cccc21. The molecule has 1 saturated heterocycles. The van der Waals surface area contributed by atoms with Crippen molar-refractivity contribution in [1.29, 1.82) is 0 Å². The van der Waals surface area contributed by atoms with Crippen LogP contribution in [0.4, 0.5) is 4.39 Å². The molecule has 0 spiro atoms. The zero-order valence-electron chi connectivity index (χ0n) is 36.0. The standard InChI is InChI=1S/C48H58FN5O6S2/c1-30(2)54-39-20-12-19-37(43-50-38(29-61-43)32-14-9-10-15-32)42(39)51-46(54)60-36-25-40-41(55)27-48(45(57)52-62(58,59)47(3)21-22-47)26-34(48)17-8-6-4-5-7-16-33(44(56)53(40)28-36)23-31-13-11-18-35(49)24-31/h8,11-13,17-20,24,29-30,32-34,36,40H,4-7,9-10,14-16,21-23,25-28H2,1-3H3,(H,52,57)/b17-8-/t33-,34+,36-,40+,48-/m1/s1. The number of thiazole rings is 1. The van der Waals surface area contributed by atoms with Gasteiger partial charge in [0.1, 0.15) is 22.4 Å². The molecule has 1 N–H and O–H groups in total. The number of para-hydroxylation sites is 1. The quantitative estimate of drug-likeness (QED) is 0.156. The second kappa shape index (κ2) is 16.9. The van der Waals surface area contributed by atoms with E-state index in [2.05, 4.69) is 28.5 Å². The molecule has 2 aliphatic heterocycles. The molecule has 5 aliphatic rings. The van der Waals surface area contributed by atoms with E-state index in [1.54, 1.807) is 29.2 Å². The highest BCUT2D eigenvalue weighted by atomic mass is 32.2. The minimum Gasteiger partial charge on any atom is -0.459 e. The van der Waals surface area contributed by atoms with Crippen LogP contribution in [0.25, 0.3) is 21.6 Å². The molecule has 2 aromatic carbocycles. The summed E-state index contributed by atoms with van der Waals surface area (Å²) in [5, 5.41) is 3.09. The molecule has 330 valence electrons. The molecule has 9 rings (SSSR count). The molecular formula is C48H58FN5O6S2. The molecule has 5 atom stereocenters.